The number of nitro groups is 2. The molecule has 0 spiro atoms. The van der Waals surface area contributed by atoms with Crippen LogP contribution in [0.4, 0.5) is 11.4 Å². The maximum atomic E-state index is 11.3. The Morgan fingerprint density at radius 1 is 0.536 bits per heavy atom. The van der Waals surface area contributed by atoms with Crippen LogP contribution in [0.25, 0.3) is 33.0 Å². The van der Waals surface area contributed by atoms with E-state index in [9.17, 15) is 20.2 Å². The van der Waals surface area contributed by atoms with Gasteiger partial charge in [-0.1, -0.05) is 48.5 Å². The highest BCUT2D eigenvalue weighted by atomic mass is 16.6. The van der Waals surface area contributed by atoms with Crippen LogP contribution in [0.15, 0.2) is 84.9 Å². The smallest absolute Gasteiger partial charge is 0.258 e. The predicted octanol–water partition coefficient (Wildman–Crippen LogP) is 5.99. The van der Waals surface area contributed by atoms with Gasteiger partial charge in [-0.05, 0) is 46.2 Å². The van der Waals surface area contributed by atoms with E-state index in [-0.39, 0.29) is 11.4 Å². The van der Waals surface area contributed by atoms with Gasteiger partial charge < -0.3 is 0 Å². The van der Waals surface area contributed by atoms with Crippen molar-refractivity contribution < 1.29 is 9.85 Å². The molecule has 0 N–H and O–H groups in total. The van der Waals surface area contributed by atoms with Crippen LogP contribution in [-0.4, -0.2) is 9.85 Å². The van der Waals surface area contributed by atoms with Crippen LogP contribution < -0.4 is 0 Å². The second-order valence-electron chi connectivity index (χ2n) is 6.33. The van der Waals surface area contributed by atoms with Crippen LogP contribution >= 0.6 is 0 Å². The van der Waals surface area contributed by atoms with Gasteiger partial charge in [0.05, 0.1) is 21.0 Å². The number of nitro benzene ring substituents is 2. The van der Waals surface area contributed by atoms with Crippen LogP contribution in [-0.2, 0) is 0 Å². The number of rotatable bonds is 4. The van der Waals surface area contributed by atoms with Gasteiger partial charge in [0.25, 0.3) is 11.4 Å². The van der Waals surface area contributed by atoms with Crippen molar-refractivity contribution in [1.82, 2.24) is 0 Å². The highest BCUT2D eigenvalue weighted by Crippen LogP contribution is 2.35. The number of benzene rings is 4. The zero-order chi connectivity index (χ0) is 19.7. The molecule has 0 saturated heterocycles. The number of nitrogens with zero attached hydrogens (tertiary/aromatic N) is 2. The molecule has 6 heteroatoms. The van der Waals surface area contributed by atoms with Crippen molar-refractivity contribution in [2.24, 2.45) is 0 Å². The van der Waals surface area contributed by atoms with Crippen LogP contribution in [0.5, 0.6) is 0 Å². The van der Waals surface area contributed by atoms with Crippen LogP contribution in [0, 0.1) is 20.2 Å². The third kappa shape index (κ3) is 3.07. The molecule has 0 amide bonds. The van der Waals surface area contributed by atoms with E-state index in [1.54, 1.807) is 36.4 Å². The largest absolute Gasteiger partial charge is 0.277 e. The van der Waals surface area contributed by atoms with E-state index in [1.807, 2.05) is 36.4 Å². The SMILES string of the molecule is O=[N+]([O-])c1ccccc1-c1ccc2ccc(-c3ccccc3[N+](=O)[O-])cc2c1. The van der Waals surface area contributed by atoms with Gasteiger partial charge in [0.1, 0.15) is 0 Å². The van der Waals surface area contributed by atoms with Crippen molar-refractivity contribution in [2.75, 3.05) is 0 Å². The highest BCUT2D eigenvalue weighted by molar-refractivity contribution is 5.92. The fourth-order valence-corrected chi connectivity index (χ4v) is 3.34. The van der Waals surface area contributed by atoms with E-state index in [1.165, 1.54) is 12.1 Å². The molecule has 4 rings (SSSR count). The quantitative estimate of drug-likeness (QED) is 0.326. The molecule has 0 fully saturated rings. The summed E-state index contributed by atoms with van der Waals surface area (Å²) < 4.78 is 0. The summed E-state index contributed by atoms with van der Waals surface area (Å²) in [4.78, 5) is 21.9. The second kappa shape index (κ2) is 6.92. The predicted molar refractivity (Wildman–Crippen MR) is 108 cm³/mol. The molecule has 0 heterocycles. The molecule has 0 aliphatic carbocycles. The van der Waals surface area contributed by atoms with Gasteiger partial charge in [0, 0.05) is 12.1 Å². The topological polar surface area (TPSA) is 86.3 Å². The molecule has 0 unspecified atom stereocenters. The van der Waals surface area contributed by atoms with Crippen molar-refractivity contribution in [2.45, 2.75) is 0 Å². The summed E-state index contributed by atoms with van der Waals surface area (Å²) in [6, 6.07) is 24.4. The molecular weight excluding hydrogens is 356 g/mol. The van der Waals surface area contributed by atoms with Crippen molar-refractivity contribution in [1.29, 1.82) is 0 Å². The fourth-order valence-electron chi connectivity index (χ4n) is 3.34. The lowest BCUT2D eigenvalue weighted by Crippen LogP contribution is -1.92. The highest BCUT2D eigenvalue weighted by Gasteiger charge is 2.16. The first-order chi connectivity index (χ1) is 13.5. The Morgan fingerprint density at radius 3 is 1.39 bits per heavy atom. The van der Waals surface area contributed by atoms with Gasteiger partial charge >= 0.3 is 0 Å². The number of hydrogen-bond acceptors (Lipinski definition) is 4. The van der Waals surface area contributed by atoms with E-state index in [2.05, 4.69) is 0 Å². The molecular formula is C22H14N2O4. The minimum absolute atomic E-state index is 0.0386. The Morgan fingerprint density at radius 2 is 0.964 bits per heavy atom. The monoisotopic (exact) mass is 370 g/mol. The Kier molecular flexibility index (Phi) is 4.29. The molecule has 0 bridgehead atoms. The molecule has 136 valence electrons. The van der Waals surface area contributed by atoms with Crippen molar-refractivity contribution in [3.63, 3.8) is 0 Å². The summed E-state index contributed by atoms with van der Waals surface area (Å²) in [5, 5.41) is 24.5. The lowest BCUT2D eigenvalue weighted by molar-refractivity contribution is -0.384. The molecule has 0 radical (unpaired) electrons. The molecule has 28 heavy (non-hydrogen) atoms. The van der Waals surface area contributed by atoms with Crippen LogP contribution in [0.3, 0.4) is 0 Å². The molecule has 0 saturated carbocycles. The van der Waals surface area contributed by atoms with Gasteiger partial charge in [-0.2, -0.15) is 0 Å². The summed E-state index contributed by atoms with van der Waals surface area (Å²) in [5.41, 5.74) is 2.59. The summed E-state index contributed by atoms with van der Waals surface area (Å²) >= 11 is 0. The van der Waals surface area contributed by atoms with E-state index >= 15 is 0 Å². The molecule has 4 aromatic rings. The summed E-state index contributed by atoms with van der Waals surface area (Å²) in [5.74, 6) is 0. The van der Waals surface area contributed by atoms with E-state index in [0.717, 1.165) is 21.9 Å². The van der Waals surface area contributed by atoms with Crippen molar-refractivity contribution in [3.05, 3.63) is 105 Å². The Bertz CT molecular complexity index is 1140. The van der Waals surface area contributed by atoms with Gasteiger partial charge in [-0.3, -0.25) is 20.2 Å². The van der Waals surface area contributed by atoms with Gasteiger partial charge in [0.15, 0.2) is 0 Å². The number of para-hydroxylation sites is 2. The van der Waals surface area contributed by atoms with E-state index in [0.29, 0.717) is 11.1 Å². The van der Waals surface area contributed by atoms with Crippen molar-refractivity contribution in [3.8, 4) is 22.3 Å². The van der Waals surface area contributed by atoms with Crippen LogP contribution in [0.2, 0.25) is 0 Å². The Hall–Kier alpha value is -4.06. The second-order valence-corrected chi connectivity index (χ2v) is 6.33. The third-order valence-corrected chi connectivity index (χ3v) is 4.66. The molecule has 0 aliphatic heterocycles. The third-order valence-electron chi connectivity index (χ3n) is 4.66. The lowest BCUT2D eigenvalue weighted by Gasteiger charge is -2.08. The first-order valence-electron chi connectivity index (χ1n) is 8.56. The molecule has 0 atom stereocenters. The average molecular weight is 370 g/mol. The zero-order valence-electron chi connectivity index (χ0n) is 14.6. The maximum absolute atomic E-state index is 11.3. The van der Waals surface area contributed by atoms with Crippen LogP contribution in [0.1, 0.15) is 0 Å². The molecule has 4 aromatic carbocycles. The maximum Gasteiger partial charge on any atom is 0.277 e. The van der Waals surface area contributed by atoms with Crippen molar-refractivity contribution >= 4 is 22.1 Å². The molecule has 0 aromatic heterocycles. The first kappa shape index (κ1) is 17.4. The molecule has 0 aliphatic rings. The lowest BCUT2D eigenvalue weighted by atomic mass is 9.96. The summed E-state index contributed by atoms with van der Waals surface area (Å²) in [6.07, 6.45) is 0. The fraction of sp³-hybridized carbons (Fsp3) is 0. The van der Waals surface area contributed by atoms with Gasteiger partial charge in [-0.15, -0.1) is 0 Å². The standard InChI is InChI=1S/C22H14N2O4/c25-23(26)21-7-3-1-5-19(21)16-11-9-15-10-12-17(14-18(15)13-16)20-6-2-4-8-22(20)24(27)28/h1-14H. The number of fused-ring (bicyclic) bond motifs is 1. The van der Waals surface area contributed by atoms with E-state index < -0.39 is 9.85 Å². The zero-order valence-corrected chi connectivity index (χ0v) is 14.6. The Balaban J connectivity index is 1.88. The van der Waals surface area contributed by atoms with E-state index in [4.69, 9.17) is 0 Å². The number of hydrogen-bond donors (Lipinski definition) is 0. The summed E-state index contributed by atoms with van der Waals surface area (Å²) in [6.45, 7) is 0. The summed E-state index contributed by atoms with van der Waals surface area (Å²) in [7, 11) is 0. The Labute approximate surface area is 160 Å². The molecule has 6 nitrogen and oxygen atoms in total. The first-order valence-corrected chi connectivity index (χ1v) is 8.56. The average Bonchev–Trinajstić information content (AvgIpc) is 2.73. The minimum Gasteiger partial charge on any atom is -0.258 e. The minimum atomic E-state index is -0.400. The normalized spacial score (nSPS) is 10.7. The van der Waals surface area contributed by atoms with Gasteiger partial charge in [-0.25, -0.2) is 0 Å². The van der Waals surface area contributed by atoms with Gasteiger partial charge in [0.2, 0.25) is 0 Å².